The van der Waals surface area contributed by atoms with E-state index in [-0.39, 0.29) is 5.23 Å². The monoisotopic (exact) mass is 197 g/mol. The van der Waals surface area contributed by atoms with Crippen LogP contribution in [0.15, 0.2) is 36.1 Å². The van der Waals surface area contributed by atoms with Crippen molar-refractivity contribution in [2.24, 2.45) is 5.73 Å². The molecule has 5 heteroatoms. The molecule has 1 aliphatic rings. The Morgan fingerprint density at radius 1 is 1.57 bits per heavy atom. The zero-order chi connectivity index (χ0) is 10.6. The highest BCUT2D eigenvalue weighted by Crippen LogP contribution is 2.12. The minimum atomic E-state index is -0.511. The summed E-state index contributed by atoms with van der Waals surface area (Å²) < 4.78 is 0. The van der Waals surface area contributed by atoms with Gasteiger partial charge in [-0.25, -0.2) is 5.23 Å². The summed E-state index contributed by atoms with van der Waals surface area (Å²) in [7, 11) is 1.34. The molecule has 1 aliphatic carbocycles. The summed E-state index contributed by atoms with van der Waals surface area (Å²) in [6, 6.07) is 0. The van der Waals surface area contributed by atoms with Crippen LogP contribution in [0.2, 0.25) is 0 Å². The van der Waals surface area contributed by atoms with Crippen molar-refractivity contribution in [3.63, 3.8) is 0 Å². The summed E-state index contributed by atoms with van der Waals surface area (Å²) in [5.74, 6) is 0. The Bertz CT molecular complexity index is 284. The third-order valence-corrected chi connectivity index (χ3v) is 1.77. The topological polar surface area (TPSA) is 74.8 Å². The highest BCUT2D eigenvalue weighted by atomic mass is 17.0. The van der Waals surface area contributed by atoms with Crippen LogP contribution < -0.4 is 16.4 Å². The Balaban J connectivity index is 2.63. The van der Waals surface area contributed by atoms with Gasteiger partial charge < -0.3 is 10.9 Å². The summed E-state index contributed by atoms with van der Waals surface area (Å²) in [6.45, 7) is 1.87. The van der Waals surface area contributed by atoms with Crippen molar-refractivity contribution in [1.82, 2.24) is 5.48 Å². The molecule has 14 heavy (non-hydrogen) atoms. The van der Waals surface area contributed by atoms with Gasteiger partial charge in [0.15, 0.2) is 0 Å². The van der Waals surface area contributed by atoms with E-state index >= 15 is 0 Å². The van der Waals surface area contributed by atoms with Crippen LogP contribution in [0.25, 0.3) is 0 Å². The molecule has 2 atom stereocenters. The number of rotatable bonds is 3. The molecule has 2 unspecified atom stereocenters. The molecule has 1 rings (SSSR count). The zero-order valence-electron chi connectivity index (χ0n) is 8.28. The standard InChI is InChI=1S/C9H15N3O2/c1-9(11-14-12(2)13)6-3-4-8(10)5-7-9/h3-7,11-12H,10H2,1-2H3. The lowest BCUT2D eigenvalue weighted by Gasteiger charge is -2.24. The molecule has 0 amide bonds. The van der Waals surface area contributed by atoms with Crippen molar-refractivity contribution in [2.45, 2.75) is 12.5 Å². The van der Waals surface area contributed by atoms with E-state index in [9.17, 15) is 5.21 Å². The fourth-order valence-corrected chi connectivity index (χ4v) is 0.989. The van der Waals surface area contributed by atoms with Crippen molar-refractivity contribution in [1.29, 1.82) is 0 Å². The minimum Gasteiger partial charge on any atom is -0.599 e. The molecule has 0 aromatic heterocycles. The average Bonchev–Trinajstić information content (AvgIpc) is 2.27. The van der Waals surface area contributed by atoms with Gasteiger partial charge in [-0.3, -0.25) is 0 Å². The molecule has 0 aromatic carbocycles. The van der Waals surface area contributed by atoms with Crippen molar-refractivity contribution >= 4 is 0 Å². The van der Waals surface area contributed by atoms with Gasteiger partial charge in [-0.1, -0.05) is 18.2 Å². The van der Waals surface area contributed by atoms with E-state index < -0.39 is 5.54 Å². The molecule has 0 saturated carbocycles. The third-order valence-electron chi connectivity index (χ3n) is 1.77. The van der Waals surface area contributed by atoms with Crippen LogP contribution in [0.1, 0.15) is 6.92 Å². The zero-order valence-corrected chi connectivity index (χ0v) is 8.28. The van der Waals surface area contributed by atoms with Crippen molar-refractivity contribution in [2.75, 3.05) is 7.05 Å². The van der Waals surface area contributed by atoms with Gasteiger partial charge in [-0.15, -0.1) is 10.4 Å². The lowest BCUT2D eigenvalue weighted by molar-refractivity contribution is -1.05. The van der Waals surface area contributed by atoms with Crippen LogP contribution in [-0.4, -0.2) is 12.6 Å². The predicted octanol–water partition coefficient (Wildman–Crippen LogP) is -0.838. The van der Waals surface area contributed by atoms with Crippen LogP contribution in [0.4, 0.5) is 0 Å². The molecule has 0 spiro atoms. The molecular formula is C9H15N3O2. The Hall–Kier alpha value is -1.14. The summed E-state index contributed by atoms with van der Waals surface area (Å²) in [4.78, 5) is 4.72. The molecule has 0 aromatic rings. The maximum Gasteiger partial charge on any atom is 0.0982 e. The molecule has 4 N–H and O–H groups in total. The maximum absolute atomic E-state index is 10.6. The first-order chi connectivity index (χ1) is 6.52. The second kappa shape index (κ2) is 4.39. The van der Waals surface area contributed by atoms with Gasteiger partial charge in [0.1, 0.15) is 0 Å². The van der Waals surface area contributed by atoms with E-state index in [1.807, 2.05) is 25.2 Å². The van der Waals surface area contributed by atoms with E-state index in [0.717, 1.165) is 0 Å². The molecule has 5 nitrogen and oxygen atoms in total. The van der Waals surface area contributed by atoms with Crippen molar-refractivity contribution < 1.29 is 10.2 Å². The van der Waals surface area contributed by atoms with E-state index in [2.05, 4.69) is 5.48 Å². The number of hydroxylamine groups is 3. The number of nitrogens with one attached hydrogen (secondary N) is 2. The molecule has 0 bridgehead atoms. The second-order valence-corrected chi connectivity index (χ2v) is 3.34. The molecule has 78 valence electrons. The van der Waals surface area contributed by atoms with Crippen molar-refractivity contribution in [3.05, 3.63) is 41.3 Å². The van der Waals surface area contributed by atoms with Gasteiger partial charge in [-0.05, 0) is 19.1 Å². The van der Waals surface area contributed by atoms with Gasteiger partial charge in [-0.2, -0.15) is 0 Å². The molecule has 0 heterocycles. The van der Waals surface area contributed by atoms with Crippen LogP contribution >= 0.6 is 0 Å². The minimum absolute atomic E-state index is 0.377. The molecule has 0 saturated heterocycles. The predicted molar refractivity (Wildman–Crippen MR) is 53.4 cm³/mol. The summed E-state index contributed by atoms with van der Waals surface area (Å²) in [5.41, 5.74) is 8.40. The van der Waals surface area contributed by atoms with Crippen LogP contribution in [-0.2, 0) is 4.94 Å². The smallest absolute Gasteiger partial charge is 0.0982 e. The van der Waals surface area contributed by atoms with E-state index in [1.165, 1.54) is 7.05 Å². The van der Waals surface area contributed by atoms with Gasteiger partial charge in [0.25, 0.3) is 0 Å². The number of hydrogen-bond acceptors (Lipinski definition) is 4. The van der Waals surface area contributed by atoms with Crippen LogP contribution in [0.3, 0.4) is 0 Å². The van der Waals surface area contributed by atoms with E-state index in [4.69, 9.17) is 10.7 Å². The van der Waals surface area contributed by atoms with E-state index in [0.29, 0.717) is 5.70 Å². The van der Waals surface area contributed by atoms with Crippen LogP contribution in [0, 0.1) is 5.21 Å². The lowest BCUT2D eigenvalue weighted by Crippen LogP contribution is -3.04. The van der Waals surface area contributed by atoms with Gasteiger partial charge in [0.2, 0.25) is 0 Å². The number of allylic oxidation sites excluding steroid dienone is 3. The Kier molecular flexibility index (Phi) is 3.43. The third kappa shape index (κ3) is 3.31. The highest BCUT2D eigenvalue weighted by Gasteiger charge is 2.19. The average molecular weight is 197 g/mol. The van der Waals surface area contributed by atoms with Gasteiger partial charge in [0.05, 0.1) is 12.6 Å². The summed E-state index contributed by atoms with van der Waals surface area (Å²) in [6.07, 6.45) is 9.02. The Morgan fingerprint density at radius 2 is 2.29 bits per heavy atom. The van der Waals surface area contributed by atoms with Gasteiger partial charge >= 0.3 is 0 Å². The Labute approximate surface area is 83.0 Å². The summed E-state index contributed by atoms with van der Waals surface area (Å²) >= 11 is 0. The number of hydrogen-bond donors (Lipinski definition) is 3. The SMILES string of the molecule is C[NH+]([O-])ONC1(C)C=CC=C(N)C=C1. The fraction of sp³-hybridized carbons (Fsp3) is 0.333. The maximum atomic E-state index is 10.6. The number of quaternary nitrogens is 1. The first-order valence-electron chi connectivity index (χ1n) is 4.31. The molecule has 0 radical (unpaired) electrons. The quantitative estimate of drug-likeness (QED) is 0.516. The first-order valence-corrected chi connectivity index (χ1v) is 4.31. The fourth-order valence-electron chi connectivity index (χ4n) is 0.989. The van der Waals surface area contributed by atoms with Crippen LogP contribution in [0.5, 0.6) is 0 Å². The summed E-state index contributed by atoms with van der Waals surface area (Å²) in [5, 5.41) is 10.2. The Morgan fingerprint density at radius 3 is 2.93 bits per heavy atom. The normalized spacial score (nSPS) is 28.4. The molecule has 0 fully saturated rings. The largest absolute Gasteiger partial charge is 0.599 e. The van der Waals surface area contributed by atoms with Crippen molar-refractivity contribution in [3.8, 4) is 0 Å². The number of nitrogens with two attached hydrogens (primary N) is 1. The van der Waals surface area contributed by atoms with Gasteiger partial charge in [0, 0.05) is 5.70 Å². The first kappa shape index (κ1) is 10.9. The lowest BCUT2D eigenvalue weighted by atomic mass is 10.0. The molecule has 0 aliphatic heterocycles. The molecular weight excluding hydrogens is 182 g/mol. The second-order valence-electron chi connectivity index (χ2n) is 3.34. The van der Waals surface area contributed by atoms with E-state index in [1.54, 1.807) is 12.2 Å². The highest BCUT2D eigenvalue weighted by molar-refractivity contribution is 5.31.